The summed E-state index contributed by atoms with van der Waals surface area (Å²) in [6, 6.07) is 9.60. The zero-order valence-corrected chi connectivity index (χ0v) is 20.6. The summed E-state index contributed by atoms with van der Waals surface area (Å²) in [6.45, 7) is 5.39. The Hall–Kier alpha value is -2.42. The van der Waals surface area contributed by atoms with Crippen LogP contribution in [0.15, 0.2) is 30.5 Å². The molecule has 1 aliphatic carbocycles. The molecule has 5 rings (SSSR count). The molecule has 3 heterocycles. The van der Waals surface area contributed by atoms with Crippen LogP contribution in [-0.2, 0) is 0 Å². The van der Waals surface area contributed by atoms with Crippen LogP contribution in [0.4, 0.5) is 17.3 Å². The molecule has 1 aromatic heterocycles. The molecule has 9 heteroatoms. The van der Waals surface area contributed by atoms with Crippen molar-refractivity contribution in [2.24, 2.45) is 11.5 Å². The minimum absolute atomic E-state index is 0. The zero-order chi connectivity index (χ0) is 22.9. The lowest BCUT2D eigenvalue weighted by molar-refractivity contribution is 0.0996. The Morgan fingerprint density at radius 2 is 1.76 bits per heavy atom. The SMILES string of the molecule is C[C@@H]1[C@H](N)CCCN1c1cnc(C(N)=O)c(Nc2ccc(C3CCN(C4CC4)CC3)cc2)n1.Cl. The van der Waals surface area contributed by atoms with Gasteiger partial charge in [-0.05, 0) is 82.2 Å². The van der Waals surface area contributed by atoms with Gasteiger partial charge in [0.15, 0.2) is 11.5 Å². The summed E-state index contributed by atoms with van der Waals surface area (Å²) >= 11 is 0. The van der Waals surface area contributed by atoms with E-state index < -0.39 is 5.91 Å². The number of halogens is 1. The van der Waals surface area contributed by atoms with Gasteiger partial charge in [-0.15, -0.1) is 12.4 Å². The number of carbonyl (C=O) groups excluding carboxylic acids is 1. The molecule has 2 saturated heterocycles. The van der Waals surface area contributed by atoms with E-state index in [0.717, 1.165) is 31.1 Å². The number of rotatable bonds is 6. The first kappa shape index (κ1) is 24.7. The van der Waals surface area contributed by atoms with Gasteiger partial charge in [-0.2, -0.15) is 0 Å². The zero-order valence-electron chi connectivity index (χ0n) is 19.8. The first-order chi connectivity index (χ1) is 16.0. The second kappa shape index (κ2) is 10.5. The maximum atomic E-state index is 12.0. The van der Waals surface area contributed by atoms with E-state index in [2.05, 4.69) is 51.3 Å². The highest BCUT2D eigenvalue weighted by Crippen LogP contribution is 2.35. The van der Waals surface area contributed by atoms with Gasteiger partial charge in [0.05, 0.1) is 6.20 Å². The molecule has 1 aromatic carbocycles. The van der Waals surface area contributed by atoms with E-state index in [4.69, 9.17) is 16.5 Å². The third-order valence-corrected chi connectivity index (χ3v) is 7.57. The van der Waals surface area contributed by atoms with Crippen molar-refractivity contribution < 1.29 is 4.79 Å². The normalized spacial score (nSPS) is 23.9. The summed E-state index contributed by atoms with van der Waals surface area (Å²) < 4.78 is 0. The van der Waals surface area contributed by atoms with Gasteiger partial charge in [-0.1, -0.05) is 12.1 Å². The number of aromatic nitrogens is 2. The standard InChI is InChI=1S/C25H35N7O.ClH/c1-16-21(26)3-2-12-32(16)22-15-28-23(24(27)33)25(30-22)29-19-6-4-17(5-7-19)18-10-13-31(14-11-18)20-8-9-20;/h4-7,15-16,18,20-21H,2-3,8-14,26H2,1H3,(H2,27,33)(H,29,30);1H/t16-,21-;/m1./s1. The van der Waals surface area contributed by atoms with Crippen LogP contribution in [0, 0.1) is 0 Å². The molecule has 2 atom stereocenters. The lowest BCUT2D eigenvalue weighted by Gasteiger charge is -2.38. The fraction of sp³-hybridized carbons (Fsp3) is 0.560. The van der Waals surface area contributed by atoms with Gasteiger partial charge in [0, 0.05) is 30.4 Å². The van der Waals surface area contributed by atoms with E-state index in [-0.39, 0.29) is 30.2 Å². The number of nitrogens with two attached hydrogens (primary N) is 2. The molecule has 2 aliphatic heterocycles. The van der Waals surface area contributed by atoms with E-state index in [9.17, 15) is 4.79 Å². The number of amides is 1. The predicted octanol–water partition coefficient (Wildman–Crippen LogP) is 3.40. The third-order valence-electron chi connectivity index (χ3n) is 7.57. The molecule has 1 saturated carbocycles. The number of nitrogens with one attached hydrogen (secondary N) is 1. The van der Waals surface area contributed by atoms with Crippen molar-refractivity contribution in [1.82, 2.24) is 14.9 Å². The first-order valence-corrected chi connectivity index (χ1v) is 12.3. The minimum Gasteiger partial charge on any atom is -0.364 e. The second-order valence-corrected chi connectivity index (χ2v) is 9.82. The number of piperidine rings is 2. The molecule has 0 radical (unpaired) electrons. The smallest absolute Gasteiger partial charge is 0.271 e. The molecule has 184 valence electrons. The fourth-order valence-electron chi connectivity index (χ4n) is 5.30. The molecular formula is C25H36ClN7O. The van der Waals surface area contributed by atoms with Crippen molar-refractivity contribution in [3.8, 4) is 0 Å². The van der Waals surface area contributed by atoms with Crippen LogP contribution in [0.5, 0.6) is 0 Å². The topological polar surface area (TPSA) is 113 Å². The molecular weight excluding hydrogens is 450 g/mol. The molecule has 3 fully saturated rings. The van der Waals surface area contributed by atoms with Crippen LogP contribution < -0.4 is 21.7 Å². The number of carbonyl (C=O) groups is 1. The Morgan fingerprint density at radius 3 is 2.41 bits per heavy atom. The molecule has 3 aliphatic rings. The van der Waals surface area contributed by atoms with Gasteiger partial charge in [0.2, 0.25) is 0 Å². The largest absolute Gasteiger partial charge is 0.364 e. The maximum absolute atomic E-state index is 12.0. The van der Waals surface area contributed by atoms with E-state index in [1.807, 2.05) is 0 Å². The predicted molar refractivity (Wildman–Crippen MR) is 138 cm³/mol. The molecule has 2 aromatic rings. The fourth-order valence-corrected chi connectivity index (χ4v) is 5.30. The van der Waals surface area contributed by atoms with Crippen molar-refractivity contribution in [3.63, 3.8) is 0 Å². The Morgan fingerprint density at radius 1 is 1.06 bits per heavy atom. The summed E-state index contributed by atoms with van der Waals surface area (Å²) in [5, 5.41) is 3.28. The van der Waals surface area contributed by atoms with Gasteiger partial charge >= 0.3 is 0 Å². The number of hydrogen-bond donors (Lipinski definition) is 3. The number of nitrogens with zero attached hydrogens (tertiary/aromatic N) is 4. The summed E-state index contributed by atoms with van der Waals surface area (Å²) in [4.78, 5) is 25.9. The number of primary amides is 1. The van der Waals surface area contributed by atoms with E-state index in [0.29, 0.717) is 17.6 Å². The Bertz CT molecular complexity index is 989. The quantitative estimate of drug-likeness (QED) is 0.574. The molecule has 0 unspecified atom stereocenters. The number of hydrogen-bond acceptors (Lipinski definition) is 7. The molecule has 0 spiro atoms. The van der Waals surface area contributed by atoms with Crippen LogP contribution >= 0.6 is 12.4 Å². The molecule has 8 nitrogen and oxygen atoms in total. The van der Waals surface area contributed by atoms with Crippen LogP contribution in [0.2, 0.25) is 0 Å². The number of likely N-dealkylation sites (tertiary alicyclic amines) is 1. The van der Waals surface area contributed by atoms with Gasteiger partial charge in [-0.25, -0.2) is 9.97 Å². The Labute approximate surface area is 207 Å². The average molecular weight is 486 g/mol. The molecule has 0 bridgehead atoms. The first-order valence-electron chi connectivity index (χ1n) is 12.3. The van der Waals surface area contributed by atoms with Gasteiger partial charge in [-0.3, -0.25) is 4.79 Å². The highest BCUT2D eigenvalue weighted by atomic mass is 35.5. The van der Waals surface area contributed by atoms with Crippen molar-refractivity contribution in [1.29, 1.82) is 0 Å². The van der Waals surface area contributed by atoms with E-state index >= 15 is 0 Å². The average Bonchev–Trinajstić information content (AvgIpc) is 3.67. The van der Waals surface area contributed by atoms with Crippen LogP contribution in [0.25, 0.3) is 0 Å². The monoisotopic (exact) mass is 485 g/mol. The van der Waals surface area contributed by atoms with Gasteiger partial charge in [0.25, 0.3) is 5.91 Å². The lowest BCUT2D eigenvalue weighted by Crippen LogP contribution is -2.50. The third kappa shape index (κ3) is 5.29. The van der Waals surface area contributed by atoms with E-state index in [1.165, 1.54) is 44.3 Å². The van der Waals surface area contributed by atoms with Crippen LogP contribution in [0.1, 0.15) is 67.4 Å². The summed E-state index contributed by atoms with van der Waals surface area (Å²) in [5.74, 6) is 1.11. The lowest BCUT2D eigenvalue weighted by atomic mass is 9.89. The summed E-state index contributed by atoms with van der Waals surface area (Å²) in [5.41, 5.74) is 14.2. The Balaban J connectivity index is 0.00000274. The van der Waals surface area contributed by atoms with Gasteiger partial charge in [0.1, 0.15) is 5.82 Å². The van der Waals surface area contributed by atoms with Crippen molar-refractivity contribution >= 4 is 35.6 Å². The van der Waals surface area contributed by atoms with Crippen molar-refractivity contribution in [2.45, 2.75) is 69.5 Å². The van der Waals surface area contributed by atoms with E-state index in [1.54, 1.807) is 6.20 Å². The highest BCUT2D eigenvalue weighted by Gasteiger charge is 2.32. The number of benzene rings is 1. The molecule has 1 amide bonds. The maximum Gasteiger partial charge on any atom is 0.271 e. The second-order valence-electron chi connectivity index (χ2n) is 9.82. The summed E-state index contributed by atoms with van der Waals surface area (Å²) in [7, 11) is 0. The van der Waals surface area contributed by atoms with Crippen molar-refractivity contribution in [2.75, 3.05) is 29.9 Å². The van der Waals surface area contributed by atoms with Crippen LogP contribution in [0.3, 0.4) is 0 Å². The minimum atomic E-state index is -0.598. The number of anilines is 3. The Kier molecular flexibility index (Phi) is 7.60. The summed E-state index contributed by atoms with van der Waals surface area (Å²) in [6.07, 6.45) is 8.84. The highest BCUT2D eigenvalue weighted by molar-refractivity contribution is 5.96. The molecule has 5 N–H and O–H groups in total. The van der Waals surface area contributed by atoms with Crippen LogP contribution in [-0.4, -0.2) is 58.5 Å². The van der Waals surface area contributed by atoms with Gasteiger partial charge < -0.3 is 26.6 Å². The molecule has 34 heavy (non-hydrogen) atoms. The van der Waals surface area contributed by atoms with Crippen molar-refractivity contribution in [3.05, 3.63) is 41.7 Å².